The van der Waals surface area contributed by atoms with E-state index in [2.05, 4.69) is 38.2 Å². The minimum absolute atomic E-state index is 0.148. The number of nitrogens with one attached hydrogen (secondary N) is 2. The van der Waals surface area contributed by atoms with Gasteiger partial charge in [0.15, 0.2) is 5.76 Å². The van der Waals surface area contributed by atoms with Crippen LogP contribution in [0.3, 0.4) is 0 Å². The zero-order valence-electron chi connectivity index (χ0n) is 14.0. The standard InChI is InChI=1S/C17H24N4O2S/c1-13-9-15(23-20-13)11-19-17(22)18-10-14-4-6-21(7-5-14)12-16-3-2-8-24-16/h2-3,8-9,14H,4-7,10-12H2,1H3,(H2,18,19,22). The highest BCUT2D eigenvalue weighted by molar-refractivity contribution is 7.09. The monoisotopic (exact) mass is 348 g/mol. The van der Waals surface area contributed by atoms with Crippen LogP contribution in [-0.4, -0.2) is 35.7 Å². The molecule has 24 heavy (non-hydrogen) atoms. The second-order valence-electron chi connectivity index (χ2n) is 6.30. The van der Waals surface area contributed by atoms with E-state index in [-0.39, 0.29) is 6.03 Å². The topological polar surface area (TPSA) is 70.4 Å². The van der Waals surface area contributed by atoms with Gasteiger partial charge in [-0.1, -0.05) is 11.2 Å². The maximum absolute atomic E-state index is 11.8. The fraction of sp³-hybridized carbons (Fsp3) is 0.529. The zero-order chi connectivity index (χ0) is 16.8. The van der Waals surface area contributed by atoms with Crippen LogP contribution in [0, 0.1) is 12.8 Å². The van der Waals surface area contributed by atoms with Gasteiger partial charge in [0.1, 0.15) is 0 Å². The lowest BCUT2D eigenvalue weighted by Gasteiger charge is -2.31. The highest BCUT2D eigenvalue weighted by Gasteiger charge is 2.20. The molecule has 0 aromatic carbocycles. The first-order valence-electron chi connectivity index (χ1n) is 8.37. The Morgan fingerprint density at radius 1 is 1.42 bits per heavy atom. The normalized spacial score (nSPS) is 16.2. The highest BCUT2D eigenvalue weighted by atomic mass is 32.1. The van der Waals surface area contributed by atoms with E-state index in [9.17, 15) is 4.79 Å². The van der Waals surface area contributed by atoms with Crippen molar-refractivity contribution in [1.82, 2.24) is 20.7 Å². The first-order chi connectivity index (χ1) is 11.7. The molecule has 1 fully saturated rings. The van der Waals surface area contributed by atoms with E-state index in [1.807, 2.05) is 24.3 Å². The van der Waals surface area contributed by atoms with Crippen LogP contribution in [0.4, 0.5) is 4.79 Å². The molecule has 2 N–H and O–H groups in total. The molecule has 0 atom stereocenters. The van der Waals surface area contributed by atoms with Crippen LogP contribution in [0.5, 0.6) is 0 Å². The number of nitrogens with zero attached hydrogens (tertiary/aromatic N) is 2. The molecule has 1 aliphatic heterocycles. The number of thiophene rings is 1. The molecule has 0 spiro atoms. The van der Waals surface area contributed by atoms with Crippen molar-refractivity contribution in [3.8, 4) is 0 Å². The van der Waals surface area contributed by atoms with Crippen molar-refractivity contribution in [1.29, 1.82) is 0 Å². The largest absolute Gasteiger partial charge is 0.359 e. The predicted molar refractivity (Wildman–Crippen MR) is 93.8 cm³/mol. The van der Waals surface area contributed by atoms with Gasteiger partial charge in [0, 0.05) is 24.0 Å². The van der Waals surface area contributed by atoms with Crippen LogP contribution in [0.2, 0.25) is 0 Å². The van der Waals surface area contributed by atoms with Gasteiger partial charge in [0.25, 0.3) is 0 Å². The summed E-state index contributed by atoms with van der Waals surface area (Å²) in [7, 11) is 0. The molecule has 7 heteroatoms. The van der Waals surface area contributed by atoms with Gasteiger partial charge in [-0.2, -0.15) is 0 Å². The number of rotatable bonds is 6. The Balaban J connectivity index is 1.30. The number of carbonyl (C=O) groups excluding carboxylic acids is 1. The van der Waals surface area contributed by atoms with Crippen molar-refractivity contribution in [2.24, 2.45) is 5.92 Å². The van der Waals surface area contributed by atoms with Crippen molar-refractivity contribution in [2.75, 3.05) is 19.6 Å². The molecule has 1 saturated heterocycles. The summed E-state index contributed by atoms with van der Waals surface area (Å²) in [6.45, 7) is 6.21. The molecule has 2 amide bonds. The van der Waals surface area contributed by atoms with Crippen molar-refractivity contribution >= 4 is 17.4 Å². The number of amides is 2. The number of urea groups is 1. The van der Waals surface area contributed by atoms with Gasteiger partial charge >= 0.3 is 6.03 Å². The minimum atomic E-state index is -0.148. The molecular formula is C17H24N4O2S. The lowest BCUT2D eigenvalue weighted by molar-refractivity contribution is 0.176. The molecule has 2 aromatic heterocycles. The first kappa shape index (κ1) is 17.0. The van der Waals surface area contributed by atoms with Gasteiger partial charge in [0.05, 0.1) is 12.2 Å². The minimum Gasteiger partial charge on any atom is -0.359 e. The van der Waals surface area contributed by atoms with E-state index < -0.39 is 0 Å². The van der Waals surface area contributed by atoms with Crippen LogP contribution in [0.25, 0.3) is 0 Å². The average molecular weight is 348 g/mol. The Bertz CT molecular complexity index is 633. The van der Waals surface area contributed by atoms with Crippen molar-refractivity contribution < 1.29 is 9.32 Å². The molecule has 0 bridgehead atoms. The number of aryl methyl sites for hydroxylation is 1. The predicted octanol–water partition coefficient (Wildman–Crippen LogP) is 2.76. The van der Waals surface area contributed by atoms with Gasteiger partial charge in [-0.15, -0.1) is 11.3 Å². The number of likely N-dealkylation sites (tertiary alicyclic amines) is 1. The molecule has 130 valence electrons. The van der Waals surface area contributed by atoms with Crippen molar-refractivity contribution in [2.45, 2.75) is 32.9 Å². The van der Waals surface area contributed by atoms with Crippen molar-refractivity contribution in [3.63, 3.8) is 0 Å². The van der Waals surface area contributed by atoms with Gasteiger partial charge < -0.3 is 15.2 Å². The lowest BCUT2D eigenvalue weighted by atomic mass is 9.97. The number of piperidine rings is 1. The second kappa shape index (κ2) is 8.30. The smallest absolute Gasteiger partial charge is 0.315 e. The molecule has 0 radical (unpaired) electrons. The third kappa shape index (κ3) is 5.07. The summed E-state index contributed by atoms with van der Waals surface area (Å²) in [6.07, 6.45) is 2.26. The van der Waals surface area contributed by atoms with E-state index in [0.717, 1.165) is 44.7 Å². The third-order valence-electron chi connectivity index (χ3n) is 4.32. The maximum Gasteiger partial charge on any atom is 0.315 e. The molecule has 1 aliphatic rings. The zero-order valence-corrected chi connectivity index (χ0v) is 14.8. The molecule has 0 unspecified atom stereocenters. The van der Waals surface area contributed by atoms with E-state index in [1.165, 1.54) is 4.88 Å². The number of hydrogen-bond donors (Lipinski definition) is 2. The molecule has 0 aliphatic carbocycles. The SMILES string of the molecule is Cc1cc(CNC(=O)NCC2CCN(Cc3cccs3)CC2)on1. The number of carbonyl (C=O) groups is 1. The van der Waals surface area contributed by atoms with Gasteiger partial charge in [-0.25, -0.2) is 4.79 Å². The Kier molecular flexibility index (Phi) is 5.87. The molecule has 3 heterocycles. The van der Waals surface area contributed by atoms with Gasteiger partial charge in [0.2, 0.25) is 0 Å². The Labute approximate surface area is 146 Å². The Morgan fingerprint density at radius 3 is 2.92 bits per heavy atom. The van der Waals surface area contributed by atoms with Crippen LogP contribution in [0.1, 0.15) is 29.2 Å². The average Bonchev–Trinajstić information content (AvgIpc) is 3.24. The van der Waals surface area contributed by atoms with Crippen LogP contribution >= 0.6 is 11.3 Å². The summed E-state index contributed by atoms with van der Waals surface area (Å²) in [6, 6.07) is 5.97. The lowest BCUT2D eigenvalue weighted by Crippen LogP contribution is -2.41. The number of aromatic nitrogens is 1. The molecule has 0 saturated carbocycles. The Hall–Kier alpha value is -1.86. The van der Waals surface area contributed by atoms with Gasteiger partial charge in [-0.05, 0) is 50.2 Å². The van der Waals surface area contributed by atoms with E-state index in [4.69, 9.17) is 4.52 Å². The first-order valence-corrected chi connectivity index (χ1v) is 9.25. The summed E-state index contributed by atoms with van der Waals surface area (Å²) >= 11 is 1.82. The fourth-order valence-electron chi connectivity index (χ4n) is 2.94. The fourth-order valence-corrected chi connectivity index (χ4v) is 3.68. The summed E-state index contributed by atoms with van der Waals surface area (Å²) in [5.74, 6) is 1.23. The molecule has 6 nitrogen and oxygen atoms in total. The van der Waals surface area contributed by atoms with Crippen LogP contribution < -0.4 is 10.6 Å². The van der Waals surface area contributed by atoms with Crippen molar-refractivity contribution in [3.05, 3.63) is 39.9 Å². The van der Waals surface area contributed by atoms with E-state index >= 15 is 0 Å². The molecular weight excluding hydrogens is 324 g/mol. The van der Waals surface area contributed by atoms with Crippen LogP contribution in [0.15, 0.2) is 28.1 Å². The van der Waals surface area contributed by atoms with E-state index in [1.54, 1.807) is 0 Å². The summed E-state index contributed by atoms with van der Waals surface area (Å²) in [4.78, 5) is 15.8. The van der Waals surface area contributed by atoms with E-state index in [0.29, 0.717) is 18.2 Å². The summed E-state index contributed by atoms with van der Waals surface area (Å²) in [5.41, 5.74) is 0.821. The number of hydrogen-bond acceptors (Lipinski definition) is 5. The highest BCUT2D eigenvalue weighted by Crippen LogP contribution is 2.20. The molecule has 2 aromatic rings. The summed E-state index contributed by atoms with van der Waals surface area (Å²) in [5, 5.41) is 11.7. The maximum atomic E-state index is 11.8. The second-order valence-corrected chi connectivity index (χ2v) is 7.33. The third-order valence-corrected chi connectivity index (χ3v) is 5.18. The van der Waals surface area contributed by atoms with Gasteiger partial charge in [-0.3, -0.25) is 4.90 Å². The van der Waals surface area contributed by atoms with Crippen LogP contribution in [-0.2, 0) is 13.1 Å². The molecule has 3 rings (SSSR count). The quantitative estimate of drug-likeness (QED) is 0.842. The summed E-state index contributed by atoms with van der Waals surface area (Å²) < 4.78 is 5.07. The Morgan fingerprint density at radius 2 is 2.25 bits per heavy atom.